The van der Waals surface area contributed by atoms with Crippen LogP contribution in [0.3, 0.4) is 0 Å². The van der Waals surface area contributed by atoms with Crippen LogP contribution in [0.25, 0.3) is 31.8 Å². The summed E-state index contributed by atoms with van der Waals surface area (Å²) in [5.41, 5.74) is 3.57. The van der Waals surface area contributed by atoms with Crippen LogP contribution in [0.15, 0.2) is 24.4 Å². The fourth-order valence-electron chi connectivity index (χ4n) is 2.82. The molecule has 0 bridgehead atoms. The highest BCUT2D eigenvalue weighted by Crippen LogP contribution is 2.40. The van der Waals surface area contributed by atoms with Crippen LogP contribution in [-0.4, -0.2) is 28.7 Å². The summed E-state index contributed by atoms with van der Waals surface area (Å²) in [4.78, 5) is 13.5. The minimum atomic E-state index is -0.636. The summed E-state index contributed by atoms with van der Waals surface area (Å²) in [5, 5.41) is 0.606. The molecule has 0 atom stereocenters. The summed E-state index contributed by atoms with van der Waals surface area (Å²) >= 11 is 7.57. The smallest absolute Gasteiger partial charge is 0.232 e. The Morgan fingerprint density at radius 2 is 2.04 bits per heavy atom. The maximum absolute atomic E-state index is 14.4. The average Bonchev–Trinajstić information content (AvgIpc) is 3.09. The lowest BCUT2D eigenvalue weighted by Crippen LogP contribution is -1.95. The van der Waals surface area contributed by atoms with E-state index in [4.69, 9.17) is 21.1 Å². The third kappa shape index (κ3) is 3.07. The molecular weight excluding hydrogens is 389 g/mol. The number of nitrogens with zero attached hydrogens (tertiary/aromatic N) is 3. The van der Waals surface area contributed by atoms with Crippen molar-refractivity contribution in [1.29, 1.82) is 0 Å². The molecule has 27 heavy (non-hydrogen) atoms. The molecule has 5 nitrogen and oxygen atoms in total. The molecule has 0 saturated heterocycles. The van der Waals surface area contributed by atoms with E-state index in [2.05, 4.69) is 21.9 Å². The molecule has 4 rings (SSSR count). The number of hydrogen-bond donors (Lipinski definition) is 0. The first-order valence-electron chi connectivity index (χ1n) is 8.04. The van der Waals surface area contributed by atoms with Crippen LogP contribution in [0, 0.1) is 19.7 Å². The van der Waals surface area contributed by atoms with E-state index >= 15 is 0 Å². The van der Waals surface area contributed by atoms with Gasteiger partial charge in [-0.1, -0.05) is 11.6 Å². The Labute approximate surface area is 163 Å². The van der Waals surface area contributed by atoms with E-state index in [1.807, 2.05) is 19.1 Å². The Morgan fingerprint density at radius 3 is 2.78 bits per heavy atom. The molecule has 1 radical (unpaired) electrons. The van der Waals surface area contributed by atoms with Crippen molar-refractivity contribution < 1.29 is 13.9 Å². The van der Waals surface area contributed by atoms with Gasteiger partial charge in [0.2, 0.25) is 5.88 Å². The first kappa shape index (κ1) is 17.9. The maximum atomic E-state index is 14.4. The lowest BCUT2D eigenvalue weighted by molar-refractivity contribution is 0.341. The highest BCUT2D eigenvalue weighted by Gasteiger charge is 2.19. The lowest BCUT2D eigenvalue weighted by atomic mass is 10.1. The molecular formula is C19H14ClFN3O2S. The van der Waals surface area contributed by atoms with Gasteiger partial charge in [-0.25, -0.2) is 19.3 Å². The van der Waals surface area contributed by atoms with Crippen molar-refractivity contribution in [3.8, 4) is 22.2 Å². The van der Waals surface area contributed by atoms with Crippen LogP contribution < -0.4 is 9.47 Å². The Hall–Kier alpha value is -2.51. The number of ether oxygens (including phenoxy) is 2. The van der Waals surface area contributed by atoms with Crippen molar-refractivity contribution in [2.75, 3.05) is 13.7 Å². The van der Waals surface area contributed by atoms with Crippen molar-refractivity contribution in [2.45, 2.75) is 6.92 Å². The summed E-state index contributed by atoms with van der Waals surface area (Å²) in [6.45, 7) is 5.64. The third-order valence-corrected chi connectivity index (χ3v) is 5.38. The summed E-state index contributed by atoms with van der Waals surface area (Å²) in [5.74, 6) is -0.136. The van der Waals surface area contributed by atoms with Gasteiger partial charge >= 0.3 is 0 Å². The molecule has 4 aromatic rings. The van der Waals surface area contributed by atoms with E-state index in [9.17, 15) is 4.39 Å². The van der Waals surface area contributed by atoms with Crippen molar-refractivity contribution >= 4 is 44.2 Å². The van der Waals surface area contributed by atoms with E-state index < -0.39 is 5.82 Å². The molecule has 0 aliphatic carbocycles. The number of thiazole rings is 1. The number of rotatable bonds is 4. The molecule has 0 amide bonds. The van der Waals surface area contributed by atoms with Gasteiger partial charge < -0.3 is 9.47 Å². The Bertz CT molecular complexity index is 1180. The Morgan fingerprint density at radius 1 is 1.22 bits per heavy atom. The maximum Gasteiger partial charge on any atom is 0.232 e. The van der Waals surface area contributed by atoms with Crippen LogP contribution in [0.4, 0.5) is 4.39 Å². The fraction of sp³-hybridized carbons (Fsp3) is 0.158. The SMILES string of the molecule is [CH2]COc1cc2sc(-c3cc(C)cc4nc(OC)cnc34)nc2c(Cl)c1F. The van der Waals surface area contributed by atoms with Gasteiger partial charge in [0.1, 0.15) is 15.5 Å². The van der Waals surface area contributed by atoms with Crippen LogP contribution in [0.2, 0.25) is 5.02 Å². The van der Waals surface area contributed by atoms with Gasteiger partial charge in [-0.15, -0.1) is 11.3 Å². The predicted molar refractivity (Wildman–Crippen MR) is 105 cm³/mol. The molecule has 0 N–H and O–H groups in total. The normalized spacial score (nSPS) is 11.3. The molecule has 0 aliphatic rings. The zero-order valence-electron chi connectivity index (χ0n) is 14.5. The first-order chi connectivity index (χ1) is 13.0. The molecule has 2 aromatic carbocycles. The van der Waals surface area contributed by atoms with Crippen LogP contribution in [-0.2, 0) is 0 Å². The number of methoxy groups -OCH3 is 1. The quantitative estimate of drug-likeness (QED) is 0.468. The van der Waals surface area contributed by atoms with Gasteiger partial charge in [0.25, 0.3) is 0 Å². The second-order valence-corrected chi connectivity index (χ2v) is 7.22. The molecule has 137 valence electrons. The molecule has 2 heterocycles. The van der Waals surface area contributed by atoms with E-state index in [-0.39, 0.29) is 17.4 Å². The largest absolute Gasteiger partial charge is 0.490 e. The number of aromatic nitrogens is 3. The number of hydrogen-bond acceptors (Lipinski definition) is 6. The average molecular weight is 403 g/mol. The molecule has 8 heteroatoms. The zero-order chi connectivity index (χ0) is 19.1. The predicted octanol–water partition coefficient (Wildman–Crippen LogP) is 5.23. The lowest BCUT2D eigenvalue weighted by Gasteiger charge is -2.06. The summed E-state index contributed by atoms with van der Waals surface area (Å²) in [6.07, 6.45) is 1.56. The highest BCUT2D eigenvalue weighted by atomic mass is 35.5. The van der Waals surface area contributed by atoms with Gasteiger partial charge in [-0.3, -0.25) is 0 Å². The monoisotopic (exact) mass is 402 g/mol. The first-order valence-corrected chi connectivity index (χ1v) is 9.23. The molecule has 0 unspecified atom stereocenters. The highest BCUT2D eigenvalue weighted by molar-refractivity contribution is 7.21. The Balaban J connectivity index is 1.96. The van der Waals surface area contributed by atoms with Crippen molar-refractivity contribution in [3.05, 3.63) is 47.7 Å². The third-order valence-electron chi connectivity index (χ3n) is 4.00. The number of halogens is 2. The molecule has 0 aliphatic heterocycles. The fourth-order valence-corrected chi connectivity index (χ4v) is 4.14. The summed E-state index contributed by atoms with van der Waals surface area (Å²) in [6, 6.07) is 5.49. The van der Waals surface area contributed by atoms with Crippen LogP contribution in [0.5, 0.6) is 11.6 Å². The van der Waals surface area contributed by atoms with Gasteiger partial charge in [-0.05, 0) is 31.5 Å². The molecule has 0 spiro atoms. The zero-order valence-corrected chi connectivity index (χ0v) is 16.1. The number of fused-ring (bicyclic) bond motifs is 2. The number of aryl methyl sites for hydroxylation is 1. The van der Waals surface area contributed by atoms with Crippen LogP contribution >= 0.6 is 22.9 Å². The summed E-state index contributed by atoms with van der Waals surface area (Å²) < 4.78 is 25.5. The molecule has 0 saturated carbocycles. The van der Waals surface area contributed by atoms with Gasteiger partial charge in [0, 0.05) is 11.6 Å². The standard InChI is InChI=1S/C19H14ClFN3O2S/c1-4-26-12-7-13-18(15(20)16(12)21)24-19(27-13)10-5-9(2)6-11-17(10)22-8-14(23-11)25-3/h5-8H,1,4H2,2-3H3. The second kappa shape index (κ2) is 6.90. The minimum absolute atomic E-state index is 0.0660. The van der Waals surface area contributed by atoms with Crippen molar-refractivity contribution in [1.82, 2.24) is 15.0 Å². The van der Waals surface area contributed by atoms with E-state index in [0.717, 1.165) is 15.8 Å². The minimum Gasteiger partial charge on any atom is -0.490 e. The number of benzene rings is 2. The summed E-state index contributed by atoms with van der Waals surface area (Å²) in [7, 11) is 1.54. The van der Waals surface area contributed by atoms with Crippen LogP contribution in [0.1, 0.15) is 5.56 Å². The van der Waals surface area contributed by atoms with Gasteiger partial charge in [0.15, 0.2) is 11.6 Å². The Kier molecular flexibility index (Phi) is 4.57. The topological polar surface area (TPSA) is 57.1 Å². The van der Waals surface area contributed by atoms with E-state index in [1.165, 1.54) is 11.3 Å². The van der Waals surface area contributed by atoms with Gasteiger partial charge in [-0.2, -0.15) is 0 Å². The second-order valence-electron chi connectivity index (χ2n) is 5.81. The van der Waals surface area contributed by atoms with E-state index in [0.29, 0.717) is 27.4 Å². The van der Waals surface area contributed by atoms with E-state index in [1.54, 1.807) is 19.4 Å². The molecule has 0 fully saturated rings. The molecule has 2 aromatic heterocycles. The van der Waals surface area contributed by atoms with Crippen molar-refractivity contribution in [2.24, 2.45) is 0 Å². The van der Waals surface area contributed by atoms with Gasteiger partial charge in [0.05, 0.1) is 35.6 Å². The van der Waals surface area contributed by atoms with Crippen molar-refractivity contribution in [3.63, 3.8) is 0 Å².